The Hall–Kier alpha value is -2.88. The highest BCUT2D eigenvalue weighted by atomic mass is 16.8. The first-order valence-corrected chi connectivity index (χ1v) is 18.0. The number of hydrogen-bond acceptors (Lipinski definition) is 14. The molecule has 0 amide bonds. The molecule has 14 nitrogen and oxygen atoms in total. The highest BCUT2D eigenvalue weighted by Gasteiger charge is 2.59. The molecule has 3 fully saturated rings. The van der Waals surface area contributed by atoms with E-state index >= 15 is 0 Å². The van der Waals surface area contributed by atoms with Crippen molar-refractivity contribution in [2.24, 2.45) is 23.7 Å². The summed E-state index contributed by atoms with van der Waals surface area (Å²) in [6, 6.07) is 3.10. The summed E-state index contributed by atoms with van der Waals surface area (Å²) in [7, 11) is 3.69. The summed E-state index contributed by atoms with van der Waals surface area (Å²) < 4.78 is 36.1. The Morgan fingerprint density at radius 2 is 1.75 bits per heavy atom. The fourth-order valence-electron chi connectivity index (χ4n) is 8.27. The first-order valence-electron chi connectivity index (χ1n) is 18.0. The zero-order valence-electron chi connectivity index (χ0n) is 31.6. The second kappa shape index (κ2) is 16.4. The maximum Gasteiger partial charge on any atom is 0.509 e. The summed E-state index contributed by atoms with van der Waals surface area (Å²) in [6.45, 7) is 13.5. The Morgan fingerprint density at radius 1 is 1.06 bits per heavy atom. The van der Waals surface area contributed by atoms with Crippen molar-refractivity contribution in [1.29, 1.82) is 0 Å². The number of fused-ring (bicyclic) bond motifs is 1. The molecule has 3 aliphatic heterocycles. The molecule has 15 atom stereocenters. The summed E-state index contributed by atoms with van der Waals surface area (Å²) in [5, 5.41) is 35.5. The number of aliphatic hydroxyl groups is 3. The largest absolute Gasteiger partial charge is 0.509 e. The standard InChI is InChI=1S/C37H58N2O12/c1-11-26-37(8)32(50-35(44)51-37)21(4)28(41)19(2)17-36(7,45)31(49-34-29(42)25(39(9)10)15-20(3)46-34)22(5)30(23(6)33(43)47-26)48-27(40)16-24-13-12-14-38-18-24/h12-14,18-23,25-26,28-32,34,41-42,45H,11,15-17H2,1-10H3/t19-,20-,21+,22+,23-,25+,26-,28+,29-,30+,31-,32-,34?,36+,37-/m1/s1. The van der Waals surface area contributed by atoms with Crippen LogP contribution in [0, 0.1) is 23.7 Å². The van der Waals surface area contributed by atoms with Gasteiger partial charge >= 0.3 is 18.1 Å². The molecule has 0 bridgehead atoms. The molecule has 0 spiro atoms. The molecule has 0 aromatic carbocycles. The zero-order chi connectivity index (χ0) is 38.0. The lowest BCUT2D eigenvalue weighted by atomic mass is 9.73. The highest BCUT2D eigenvalue weighted by molar-refractivity contribution is 5.76. The van der Waals surface area contributed by atoms with Crippen LogP contribution in [-0.2, 0) is 44.4 Å². The molecule has 288 valence electrons. The molecule has 4 heterocycles. The van der Waals surface area contributed by atoms with E-state index in [9.17, 15) is 29.7 Å². The summed E-state index contributed by atoms with van der Waals surface area (Å²) in [6.07, 6.45) is -5.34. The molecular formula is C37H58N2O12. The van der Waals surface area contributed by atoms with Gasteiger partial charge in [-0.3, -0.25) is 14.6 Å². The number of nitrogens with zero attached hydrogens (tertiary/aromatic N) is 2. The molecule has 3 N–H and O–H groups in total. The van der Waals surface area contributed by atoms with Crippen molar-refractivity contribution in [3.63, 3.8) is 0 Å². The average molecular weight is 723 g/mol. The fraction of sp³-hybridized carbons (Fsp3) is 0.784. The van der Waals surface area contributed by atoms with Crippen LogP contribution in [0.5, 0.6) is 0 Å². The molecule has 1 unspecified atom stereocenters. The second-order valence-corrected chi connectivity index (χ2v) is 15.6. The maximum atomic E-state index is 14.1. The quantitative estimate of drug-likeness (QED) is 0.276. The van der Waals surface area contributed by atoms with Crippen LogP contribution in [0.3, 0.4) is 0 Å². The maximum absolute atomic E-state index is 14.1. The van der Waals surface area contributed by atoms with Crippen LogP contribution in [0.15, 0.2) is 24.5 Å². The first kappa shape index (κ1) is 40.9. The van der Waals surface area contributed by atoms with Gasteiger partial charge in [0.1, 0.15) is 18.3 Å². The number of hydrogen-bond donors (Lipinski definition) is 3. The van der Waals surface area contributed by atoms with Crippen LogP contribution in [0.25, 0.3) is 0 Å². The van der Waals surface area contributed by atoms with Crippen LogP contribution in [0.2, 0.25) is 0 Å². The van der Waals surface area contributed by atoms with Gasteiger partial charge in [0.2, 0.25) is 0 Å². The fourth-order valence-corrected chi connectivity index (χ4v) is 8.27. The van der Waals surface area contributed by atoms with Gasteiger partial charge in [0.25, 0.3) is 0 Å². The normalized spacial score (nSPS) is 42.6. The van der Waals surface area contributed by atoms with E-state index in [0.29, 0.717) is 12.0 Å². The van der Waals surface area contributed by atoms with Gasteiger partial charge < -0.3 is 48.6 Å². The van der Waals surface area contributed by atoms with Crippen LogP contribution in [0.1, 0.15) is 80.2 Å². The molecule has 1 aromatic heterocycles. The Morgan fingerprint density at radius 3 is 2.35 bits per heavy atom. The van der Waals surface area contributed by atoms with Gasteiger partial charge in [-0.1, -0.05) is 33.8 Å². The van der Waals surface area contributed by atoms with E-state index in [-0.39, 0.29) is 31.4 Å². The number of carbonyl (C=O) groups is 3. The lowest BCUT2D eigenvalue weighted by Gasteiger charge is -2.47. The van der Waals surface area contributed by atoms with Crippen molar-refractivity contribution in [1.82, 2.24) is 9.88 Å². The minimum atomic E-state index is -1.75. The van der Waals surface area contributed by atoms with E-state index in [2.05, 4.69) is 4.98 Å². The molecule has 0 saturated carbocycles. The number of pyridine rings is 1. The van der Waals surface area contributed by atoms with Gasteiger partial charge in [-0.15, -0.1) is 0 Å². The molecule has 4 rings (SSSR count). The lowest BCUT2D eigenvalue weighted by Crippen LogP contribution is -2.60. The predicted octanol–water partition coefficient (Wildman–Crippen LogP) is 3.02. The minimum Gasteiger partial charge on any atom is -0.461 e. The van der Waals surface area contributed by atoms with Crippen LogP contribution >= 0.6 is 0 Å². The molecular weight excluding hydrogens is 664 g/mol. The molecule has 0 radical (unpaired) electrons. The number of esters is 2. The van der Waals surface area contributed by atoms with Gasteiger partial charge in [0.15, 0.2) is 18.0 Å². The summed E-state index contributed by atoms with van der Waals surface area (Å²) >= 11 is 0. The van der Waals surface area contributed by atoms with E-state index in [1.54, 1.807) is 73.0 Å². The lowest BCUT2D eigenvalue weighted by molar-refractivity contribution is -0.300. The third-order valence-corrected chi connectivity index (χ3v) is 11.1. The molecule has 1 aromatic rings. The Balaban J connectivity index is 1.81. The van der Waals surface area contributed by atoms with Gasteiger partial charge in [-0.25, -0.2) is 4.79 Å². The van der Waals surface area contributed by atoms with E-state index in [1.165, 1.54) is 0 Å². The van der Waals surface area contributed by atoms with Crippen molar-refractivity contribution in [2.45, 2.75) is 147 Å². The molecule has 51 heavy (non-hydrogen) atoms. The van der Waals surface area contributed by atoms with Crippen LogP contribution in [0.4, 0.5) is 4.79 Å². The zero-order valence-corrected chi connectivity index (χ0v) is 31.6. The van der Waals surface area contributed by atoms with E-state index in [1.807, 2.05) is 25.9 Å². The van der Waals surface area contributed by atoms with Crippen LogP contribution < -0.4 is 0 Å². The first-order chi connectivity index (χ1) is 23.8. The number of carbonyl (C=O) groups excluding carboxylic acids is 3. The van der Waals surface area contributed by atoms with Crippen molar-refractivity contribution in [3.8, 4) is 0 Å². The molecule has 0 aliphatic carbocycles. The number of cyclic esters (lactones) is 1. The number of ether oxygens (including phenoxy) is 6. The predicted molar refractivity (Wildman–Crippen MR) is 183 cm³/mol. The Kier molecular flexibility index (Phi) is 13.2. The van der Waals surface area contributed by atoms with Gasteiger partial charge in [0.05, 0.1) is 36.3 Å². The number of rotatable bonds is 7. The smallest absolute Gasteiger partial charge is 0.461 e. The third-order valence-electron chi connectivity index (χ3n) is 11.1. The topological polar surface area (TPSA) is 183 Å². The molecule has 3 saturated heterocycles. The number of aromatic nitrogens is 1. The molecule has 3 aliphatic rings. The van der Waals surface area contributed by atoms with E-state index < -0.39 is 95.9 Å². The van der Waals surface area contributed by atoms with Crippen molar-refractivity contribution in [2.75, 3.05) is 14.1 Å². The molecule has 14 heteroatoms. The number of aliphatic hydroxyl groups excluding tert-OH is 2. The summed E-state index contributed by atoms with van der Waals surface area (Å²) in [5.41, 5.74) is -2.61. The second-order valence-electron chi connectivity index (χ2n) is 15.6. The Bertz CT molecular complexity index is 1350. The SMILES string of the molecule is CC[C@H]1OC(=O)[C@H](C)[C@@H](OC(=O)Cc2cccnc2)[C@H](C)[C@@H](OC2O[C@H](C)C[C@H](N(C)C)[C@H]2O)[C@@](C)(O)C[C@@H](C)[C@H](O)[C@H](C)[C@H]2OC(=O)O[C@@]21C. The summed E-state index contributed by atoms with van der Waals surface area (Å²) in [4.78, 5) is 46.2. The minimum absolute atomic E-state index is 0.0341. The van der Waals surface area contributed by atoms with E-state index in [4.69, 9.17) is 28.4 Å². The van der Waals surface area contributed by atoms with Crippen LogP contribution in [-0.4, -0.2) is 124 Å². The average Bonchev–Trinajstić information content (AvgIpc) is 3.38. The summed E-state index contributed by atoms with van der Waals surface area (Å²) in [5.74, 6) is -4.71. The van der Waals surface area contributed by atoms with Gasteiger partial charge in [-0.05, 0) is 78.6 Å². The van der Waals surface area contributed by atoms with E-state index in [0.717, 1.165) is 0 Å². The van der Waals surface area contributed by atoms with Crippen molar-refractivity contribution in [3.05, 3.63) is 30.1 Å². The van der Waals surface area contributed by atoms with Gasteiger partial charge in [0, 0.05) is 30.3 Å². The Labute approximate surface area is 301 Å². The number of likely N-dealkylation sites (N-methyl/N-ethyl adjacent to an activating group) is 1. The monoisotopic (exact) mass is 722 g/mol. The van der Waals surface area contributed by atoms with Gasteiger partial charge in [-0.2, -0.15) is 0 Å². The van der Waals surface area contributed by atoms with Crippen molar-refractivity contribution >= 4 is 18.1 Å². The van der Waals surface area contributed by atoms with Crippen molar-refractivity contribution < 1.29 is 58.1 Å². The third kappa shape index (κ3) is 9.02. The highest BCUT2D eigenvalue weighted by Crippen LogP contribution is 2.43.